The van der Waals surface area contributed by atoms with Gasteiger partial charge in [0, 0.05) is 24.3 Å². The molecule has 8 heteroatoms. The molecule has 0 bridgehead atoms. The standard InChI is InChI=1S/C23H30N2O6/c1-5-16-10-7-11-24(16)20(27)15-8-6-9-17(14-15)25-12-13-30-19(21(25)28)18(26)22(29)31-23(2,3)4/h5-6,8-9,14,16,18-19,26H,1,7,10-13H2,2-4H3/t16-,18+,19+/m0/s1. The van der Waals surface area contributed by atoms with E-state index in [2.05, 4.69) is 6.58 Å². The molecule has 3 atom stereocenters. The molecular weight excluding hydrogens is 400 g/mol. The number of amides is 2. The molecule has 2 heterocycles. The van der Waals surface area contributed by atoms with Gasteiger partial charge >= 0.3 is 5.97 Å². The zero-order valence-corrected chi connectivity index (χ0v) is 18.2. The van der Waals surface area contributed by atoms with E-state index in [1.54, 1.807) is 56.0 Å². The number of anilines is 1. The van der Waals surface area contributed by atoms with Crippen LogP contribution in [-0.2, 0) is 19.1 Å². The number of aliphatic hydroxyl groups excluding tert-OH is 1. The Bertz CT molecular complexity index is 862. The van der Waals surface area contributed by atoms with E-state index in [1.807, 2.05) is 0 Å². The molecule has 1 aromatic carbocycles. The fourth-order valence-corrected chi connectivity index (χ4v) is 3.84. The van der Waals surface area contributed by atoms with Gasteiger partial charge in [0.15, 0.2) is 12.2 Å². The summed E-state index contributed by atoms with van der Waals surface area (Å²) in [5, 5.41) is 10.4. The second kappa shape index (κ2) is 9.20. The second-order valence-corrected chi connectivity index (χ2v) is 8.75. The van der Waals surface area contributed by atoms with Gasteiger partial charge in [0.25, 0.3) is 11.8 Å². The summed E-state index contributed by atoms with van der Waals surface area (Å²) in [6.45, 7) is 9.88. The van der Waals surface area contributed by atoms with Crippen LogP contribution in [0.5, 0.6) is 0 Å². The van der Waals surface area contributed by atoms with Crippen LogP contribution in [0.2, 0.25) is 0 Å². The minimum atomic E-state index is -1.74. The molecule has 31 heavy (non-hydrogen) atoms. The van der Waals surface area contributed by atoms with Gasteiger partial charge in [-0.2, -0.15) is 0 Å². The Balaban J connectivity index is 1.77. The molecule has 2 aliphatic rings. The van der Waals surface area contributed by atoms with Crippen molar-refractivity contribution in [1.82, 2.24) is 4.90 Å². The average molecular weight is 431 g/mol. The molecule has 0 aromatic heterocycles. The molecule has 0 aliphatic carbocycles. The van der Waals surface area contributed by atoms with Crippen molar-refractivity contribution in [2.24, 2.45) is 0 Å². The van der Waals surface area contributed by atoms with Crippen molar-refractivity contribution in [3.63, 3.8) is 0 Å². The molecule has 0 saturated carbocycles. The molecule has 0 spiro atoms. The quantitative estimate of drug-likeness (QED) is 0.566. The van der Waals surface area contributed by atoms with Crippen molar-refractivity contribution in [2.75, 3.05) is 24.6 Å². The number of aliphatic hydroxyl groups is 1. The number of hydrogen-bond acceptors (Lipinski definition) is 6. The number of esters is 1. The smallest absolute Gasteiger partial charge is 0.338 e. The summed E-state index contributed by atoms with van der Waals surface area (Å²) in [6.07, 6.45) is 0.488. The Kier molecular flexibility index (Phi) is 6.81. The number of benzene rings is 1. The Morgan fingerprint density at radius 2 is 2.06 bits per heavy atom. The second-order valence-electron chi connectivity index (χ2n) is 8.75. The van der Waals surface area contributed by atoms with E-state index in [0.29, 0.717) is 17.8 Å². The molecular formula is C23H30N2O6. The molecule has 1 N–H and O–H groups in total. The molecule has 2 aliphatic heterocycles. The number of nitrogens with zero attached hydrogens (tertiary/aromatic N) is 2. The van der Waals surface area contributed by atoms with E-state index < -0.39 is 29.7 Å². The van der Waals surface area contributed by atoms with Crippen LogP contribution >= 0.6 is 0 Å². The van der Waals surface area contributed by atoms with E-state index in [0.717, 1.165) is 12.8 Å². The molecule has 3 rings (SSSR count). The highest BCUT2D eigenvalue weighted by Gasteiger charge is 2.41. The fourth-order valence-electron chi connectivity index (χ4n) is 3.84. The normalized spacial score (nSPS) is 22.9. The zero-order valence-electron chi connectivity index (χ0n) is 18.2. The average Bonchev–Trinajstić information content (AvgIpc) is 3.20. The van der Waals surface area contributed by atoms with Crippen LogP contribution in [0.1, 0.15) is 44.0 Å². The van der Waals surface area contributed by atoms with Crippen LogP contribution in [0.4, 0.5) is 5.69 Å². The zero-order chi connectivity index (χ0) is 22.8. The summed E-state index contributed by atoms with van der Waals surface area (Å²) >= 11 is 0. The summed E-state index contributed by atoms with van der Waals surface area (Å²) in [5.74, 6) is -1.59. The first kappa shape index (κ1) is 23.0. The fraction of sp³-hybridized carbons (Fsp3) is 0.522. The molecule has 168 valence electrons. The number of rotatable bonds is 5. The number of hydrogen-bond donors (Lipinski definition) is 1. The van der Waals surface area contributed by atoms with Gasteiger partial charge in [0.2, 0.25) is 0 Å². The van der Waals surface area contributed by atoms with Crippen LogP contribution in [0.3, 0.4) is 0 Å². The molecule has 2 fully saturated rings. The van der Waals surface area contributed by atoms with Crippen molar-refractivity contribution in [1.29, 1.82) is 0 Å². The minimum absolute atomic E-state index is 0.00883. The molecule has 2 saturated heterocycles. The van der Waals surface area contributed by atoms with Gasteiger partial charge in [0.05, 0.1) is 12.6 Å². The van der Waals surface area contributed by atoms with Gasteiger partial charge < -0.3 is 24.4 Å². The lowest BCUT2D eigenvalue weighted by molar-refractivity contribution is -0.177. The summed E-state index contributed by atoms with van der Waals surface area (Å²) in [4.78, 5) is 41.4. The van der Waals surface area contributed by atoms with Crippen LogP contribution in [0, 0.1) is 0 Å². The maximum absolute atomic E-state index is 13.0. The summed E-state index contributed by atoms with van der Waals surface area (Å²) in [6, 6.07) is 6.80. The maximum Gasteiger partial charge on any atom is 0.338 e. The number of morpholine rings is 1. The predicted molar refractivity (Wildman–Crippen MR) is 115 cm³/mol. The van der Waals surface area contributed by atoms with Gasteiger partial charge in [-0.05, 0) is 51.8 Å². The highest BCUT2D eigenvalue weighted by Crippen LogP contribution is 2.25. The molecule has 0 radical (unpaired) electrons. The van der Waals surface area contributed by atoms with Crippen molar-refractivity contribution >= 4 is 23.5 Å². The summed E-state index contributed by atoms with van der Waals surface area (Å²) in [7, 11) is 0. The van der Waals surface area contributed by atoms with Crippen molar-refractivity contribution in [3.8, 4) is 0 Å². The van der Waals surface area contributed by atoms with Crippen molar-refractivity contribution in [2.45, 2.75) is 57.5 Å². The number of ether oxygens (including phenoxy) is 2. The van der Waals surface area contributed by atoms with Crippen LogP contribution in [0.15, 0.2) is 36.9 Å². The molecule has 0 unspecified atom stereocenters. The number of carbonyl (C=O) groups is 3. The first-order chi connectivity index (χ1) is 14.6. The third-order valence-corrected chi connectivity index (χ3v) is 5.29. The van der Waals surface area contributed by atoms with Crippen molar-refractivity contribution < 1.29 is 29.0 Å². The lowest BCUT2D eigenvalue weighted by Crippen LogP contribution is -2.55. The van der Waals surface area contributed by atoms with Crippen molar-refractivity contribution in [3.05, 3.63) is 42.5 Å². The maximum atomic E-state index is 13.0. The van der Waals surface area contributed by atoms with Gasteiger partial charge in [0.1, 0.15) is 5.60 Å². The van der Waals surface area contributed by atoms with E-state index in [1.165, 1.54) is 4.90 Å². The van der Waals surface area contributed by atoms with Crippen LogP contribution in [-0.4, -0.2) is 71.3 Å². The topological polar surface area (TPSA) is 96.4 Å². The monoisotopic (exact) mass is 430 g/mol. The first-order valence-electron chi connectivity index (χ1n) is 10.5. The molecule has 8 nitrogen and oxygen atoms in total. The van der Waals surface area contributed by atoms with Gasteiger partial charge in [-0.3, -0.25) is 9.59 Å². The van der Waals surface area contributed by atoms with Gasteiger partial charge in [-0.15, -0.1) is 6.58 Å². The Labute approximate surface area is 182 Å². The molecule has 2 amide bonds. The number of carbonyl (C=O) groups excluding carboxylic acids is 3. The van der Waals surface area contributed by atoms with Crippen LogP contribution < -0.4 is 4.90 Å². The molecule has 1 aromatic rings. The summed E-state index contributed by atoms with van der Waals surface area (Å²) < 4.78 is 10.6. The van der Waals surface area contributed by atoms with Crippen LogP contribution in [0.25, 0.3) is 0 Å². The Hall–Kier alpha value is -2.71. The first-order valence-corrected chi connectivity index (χ1v) is 10.5. The predicted octanol–water partition coefficient (Wildman–Crippen LogP) is 1.91. The minimum Gasteiger partial charge on any atom is -0.458 e. The van der Waals surface area contributed by atoms with E-state index in [9.17, 15) is 19.5 Å². The summed E-state index contributed by atoms with van der Waals surface area (Å²) in [5.41, 5.74) is 0.174. The lowest BCUT2D eigenvalue weighted by Gasteiger charge is -2.34. The largest absolute Gasteiger partial charge is 0.458 e. The number of likely N-dealkylation sites (tertiary alicyclic amines) is 1. The highest BCUT2D eigenvalue weighted by atomic mass is 16.6. The van der Waals surface area contributed by atoms with E-state index in [4.69, 9.17) is 9.47 Å². The third kappa shape index (κ3) is 5.14. The Morgan fingerprint density at radius 3 is 2.74 bits per heavy atom. The van der Waals surface area contributed by atoms with E-state index in [-0.39, 0.29) is 25.1 Å². The lowest BCUT2D eigenvalue weighted by atomic mass is 10.1. The van der Waals surface area contributed by atoms with Gasteiger partial charge in [-0.1, -0.05) is 12.1 Å². The third-order valence-electron chi connectivity index (χ3n) is 5.29. The highest BCUT2D eigenvalue weighted by molar-refractivity contribution is 6.02. The SMILES string of the molecule is C=C[C@H]1CCCN1C(=O)c1cccc(N2CCO[C@H]([C@@H](O)C(=O)OC(C)(C)C)C2=O)c1. The van der Waals surface area contributed by atoms with Gasteiger partial charge in [-0.25, -0.2) is 4.79 Å². The van der Waals surface area contributed by atoms with E-state index >= 15 is 0 Å². The Morgan fingerprint density at radius 1 is 1.32 bits per heavy atom.